The lowest BCUT2D eigenvalue weighted by atomic mass is 9.76. The first-order valence-corrected chi connectivity index (χ1v) is 11.4. The van der Waals surface area contributed by atoms with Gasteiger partial charge in [-0.3, -0.25) is 4.79 Å². The van der Waals surface area contributed by atoms with E-state index in [1.165, 1.54) is 19.8 Å². The minimum absolute atomic E-state index is 0.00581. The first kappa shape index (κ1) is 23.9. The zero-order valence-electron chi connectivity index (χ0n) is 19.7. The van der Waals surface area contributed by atoms with Gasteiger partial charge in [0.25, 0.3) is 0 Å². The Labute approximate surface area is 204 Å². The number of esters is 2. The standard InChI is InChI=1S/C30H26O5/c1-34-29(32)23-12-8-20(9-13-23)16-26-18-25(22-6-4-3-5-7-22)19-27(28(26)31)17-21-10-14-24(15-11-21)30(33)35-2/h3-17,25H,18-19H2,1-2H3/b26-16+,27-17+. The fourth-order valence-corrected chi connectivity index (χ4v) is 4.27. The van der Waals surface area contributed by atoms with Crippen molar-refractivity contribution in [2.24, 2.45) is 0 Å². The highest BCUT2D eigenvalue weighted by Gasteiger charge is 2.28. The van der Waals surface area contributed by atoms with Gasteiger partial charge in [0, 0.05) is 11.1 Å². The molecule has 35 heavy (non-hydrogen) atoms. The zero-order valence-corrected chi connectivity index (χ0v) is 19.7. The molecule has 0 atom stereocenters. The monoisotopic (exact) mass is 466 g/mol. The number of benzene rings is 3. The topological polar surface area (TPSA) is 69.7 Å². The summed E-state index contributed by atoms with van der Waals surface area (Å²) in [6.07, 6.45) is 5.04. The molecule has 0 amide bonds. The summed E-state index contributed by atoms with van der Waals surface area (Å²) in [7, 11) is 2.69. The van der Waals surface area contributed by atoms with E-state index >= 15 is 0 Å². The van der Waals surface area contributed by atoms with Gasteiger partial charge in [0.15, 0.2) is 5.78 Å². The largest absolute Gasteiger partial charge is 0.465 e. The number of hydrogen-bond donors (Lipinski definition) is 0. The van der Waals surface area contributed by atoms with Crippen molar-refractivity contribution in [3.8, 4) is 0 Å². The molecular weight excluding hydrogens is 440 g/mol. The maximum Gasteiger partial charge on any atom is 0.337 e. The van der Waals surface area contributed by atoms with Crippen LogP contribution in [-0.2, 0) is 14.3 Å². The molecule has 5 nitrogen and oxygen atoms in total. The molecule has 0 N–H and O–H groups in total. The van der Waals surface area contributed by atoms with Crippen LogP contribution in [0.3, 0.4) is 0 Å². The molecule has 0 spiro atoms. The minimum Gasteiger partial charge on any atom is -0.465 e. The van der Waals surface area contributed by atoms with Crippen LogP contribution in [0.25, 0.3) is 12.2 Å². The second kappa shape index (κ2) is 10.8. The van der Waals surface area contributed by atoms with Gasteiger partial charge in [-0.05, 0) is 71.9 Å². The van der Waals surface area contributed by atoms with Gasteiger partial charge >= 0.3 is 11.9 Å². The maximum absolute atomic E-state index is 13.5. The molecule has 0 heterocycles. The third kappa shape index (κ3) is 5.64. The molecule has 176 valence electrons. The minimum atomic E-state index is -0.398. The molecule has 0 aliphatic heterocycles. The summed E-state index contributed by atoms with van der Waals surface area (Å²) in [6, 6.07) is 24.2. The predicted molar refractivity (Wildman–Crippen MR) is 135 cm³/mol. The van der Waals surface area contributed by atoms with Crippen molar-refractivity contribution >= 4 is 29.9 Å². The van der Waals surface area contributed by atoms with Gasteiger partial charge in [-0.15, -0.1) is 0 Å². The molecule has 0 aromatic heterocycles. The SMILES string of the molecule is COC(=O)c1ccc(/C=C2\CC(c3ccccc3)C/C(=C\c3ccc(C(=O)OC)cc3)C2=O)cc1. The summed E-state index contributed by atoms with van der Waals surface area (Å²) in [5.41, 5.74) is 5.22. The maximum atomic E-state index is 13.5. The average Bonchev–Trinajstić information content (AvgIpc) is 2.91. The van der Waals surface area contributed by atoms with Gasteiger partial charge in [0.2, 0.25) is 0 Å². The number of hydrogen-bond acceptors (Lipinski definition) is 5. The lowest BCUT2D eigenvalue weighted by molar-refractivity contribution is -0.113. The van der Waals surface area contributed by atoms with E-state index in [9.17, 15) is 14.4 Å². The molecule has 0 unspecified atom stereocenters. The highest BCUT2D eigenvalue weighted by Crippen LogP contribution is 2.38. The van der Waals surface area contributed by atoms with Crippen molar-refractivity contribution in [2.45, 2.75) is 18.8 Å². The van der Waals surface area contributed by atoms with Crippen LogP contribution in [0.2, 0.25) is 0 Å². The van der Waals surface area contributed by atoms with Crippen molar-refractivity contribution in [1.29, 1.82) is 0 Å². The quantitative estimate of drug-likeness (QED) is 0.347. The van der Waals surface area contributed by atoms with Crippen LogP contribution in [0.4, 0.5) is 0 Å². The zero-order chi connectivity index (χ0) is 24.8. The van der Waals surface area contributed by atoms with Crippen molar-refractivity contribution < 1.29 is 23.9 Å². The number of rotatable bonds is 5. The third-order valence-electron chi connectivity index (χ3n) is 6.13. The van der Waals surface area contributed by atoms with Gasteiger partial charge in [-0.1, -0.05) is 54.6 Å². The summed E-state index contributed by atoms with van der Waals surface area (Å²) >= 11 is 0. The molecule has 4 rings (SSSR count). The van der Waals surface area contributed by atoms with Gasteiger partial charge < -0.3 is 9.47 Å². The average molecular weight is 467 g/mol. The number of Topliss-reactive ketones (excluding diaryl/α,β-unsaturated/α-hetero) is 1. The molecule has 0 bridgehead atoms. The molecular formula is C30H26O5. The van der Waals surface area contributed by atoms with Gasteiger partial charge in [-0.25, -0.2) is 9.59 Å². The van der Waals surface area contributed by atoms with E-state index in [4.69, 9.17) is 9.47 Å². The Morgan fingerprint density at radius 1 is 0.686 bits per heavy atom. The molecule has 3 aromatic rings. The second-order valence-electron chi connectivity index (χ2n) is 8.41. The number of ether oxygens (including phenoxy) is 2. The summed E-state index contributed by atoms with van der Waals surface area (Å²) in [5.74, 6) is -0.627. The number of carbonyl (C=O) groups is 3. The Bertz CT molecular complexity index is 1200. The Hall–Kier alpha value is -4.25. The van der Waals surface area contributed by atoms with Crippen molar-refractivity contribution in [3.05, 3.63) is 118 Å². The molecule has 1 fully saturated rings. The summed E-state index contributed by atoms with van der Waals surface area (Å²) in [6.45, 7) is 0. The predicted octanol–water partition coefficient (Wildman–Crippen LogP) is 5.87. The van der Waals surface area contributed by atoms with Crippen LogP contribution in [0.5, 0.6) is 0 Å². The molecule has 1 saturated carbocycles. The smallest absolute Gasteiger partial charge is 0.337 e. The number of carbonyl (C=O) groups excluding carboxylic acids is 3. The van der Waals surface area contributed by atoms with Crippen LogP contribution in [0.15, 0.2) is 90.0 Å². The van der Waals surface area contributed by atoms with E-state index in [2.05, 4.69) is 12.1 Å². The van der Waals surface area contributed by atoms with E-state index in [1.807, 2.05) is 54.6 Å². The van der Waals surface area contributed by atoms with Crippen LogP contribution in [-0.4, -0.2) is 31.9 Å². The highest BCUT2D eigenvalue weighted by atomic mass is 16.5. The summed E-state index contributed by atoms with van der Waals surface area (Å²) < 4.78 is 9.52. The second-order valence-corrected chi connectivity index (χ2v) is 8.41. The highest BCUT2D eigenvalue weighted by molar-refractivity contribution is 6.14. The molecule has 3 aromatic carbocycles. The van der Waals surface area contributed by atoms with Crippen molar-refractivity contribution in [3.63, 3.8) is 0 Å². The molecule has 5 heteroatoms. The van der Waals surface area contributed by atoms with Crippen molar-refractivity contribution in [2.75, 3.05) is 14.2 Å². The Morgan fingerprint density at radius 2 is 1.11 bits per heavy atom. The van der Waals surface area contributed by atoms with Crippen molar-refractivity contribution in [1.82, 2.24) is 0 Å². The summed E-state index contributed by atoms with van der Waals surface area (Å²) in [4.78, 5) is 36.9. The van der Waals surface area contributed by atoms with Gasteiger partial charge in [0.05, 0.1) is 25.3 Å². The van der Waals surface area contributed by atoms with Gasteiger partial charge in [0.1, 0.15) is 0 Å². The van der Waals surface area contributed by atoms with Gasteiger partial charge in [-0.2, -0.15) is 0 Å². The molecule has 0 saturated heterocycles. The first-order valence-electron chi connectivity index (χ1n) is 11.4. The van der Waals surface area contributed by atoms with Crippen LogP contribution >= 0.6 is 0 Å². The Kier molecular flexibility index (Phi) is 7.36. The fraction of sp³-hybridized carbons (Fsp3) is 0.167. The normalized spacial score (nSPS) is 17.9. The molecule has 1 aliphatic rings. The first-order chi connectivity index (χ1) is 17.0. The number of methoxy groups -OCH3 is 2. The lowest BCUT2D eigenvalue weighted by Crippen LogP contribution is -2.19. The summed E-state index contributed by atoms with van der Waals surface area (Å²) in [5, 5.41) is 0. The van der Waals surface area contributed by atoms with E-state index in [0.717, 1.165) is 11.1 Å². The molecule has 1 aliphatic carbocycles. The Morgan fingerprint density at radius 3 is 1.51 bits per heavy atom. The van der Waals surface area contributed by atoms with E-state index in [0.29, 0.717) is 35.1 Å². The van der Waals surface area contributed by atoms with Crippen LogP contribution < -0.4 is 0 Å². The van der Waals surface area contributed by atoms with E-state index < -0.39 is 11.9 Å². The van der Waals surface area contributed by atoms with Crippen LogP contribution in [0.1, 0.15) is 56.2 Å². The molecule has 0 radical (unpaired) electrons. The van der Waals surface area contributed by atoms with Crippen LogP contribution in [0, 0.1) is 0 Å². The Balaban J connectivity index is 1.68. The third-order valence-corrected chi connectivity index (χ3v) is 6.13. The number of ketones is 1. The number of allylic oxidation sites excluding steroid dienone is 2. The lowest BCUT2D eigenvalue weighted by Gasteiger charge is -2.26. The van der Waals surface area contributed by atoms with E-state index in [1.54, 1.807) is 24.3 Å². The van der Waals surface area contributed by atoms with E-state index in [-0.39, 0.29) is 11.7 Å². The fourth-order valence-electron chi connectivity index (χ4n) is 4.27.